The molecule has 4 rings (SSSR count). The molecule has 0 saturated carbocycles. The van der Waals surface area contributed by atoms with Gasteiger partial charge in [0.15, 0.2) is 0 Å². The van der Waals surface area contributed by atoms with E-state index in [2.05, 4.69) is 22.1 Å². The zero-order chi connectivity index (χ0) is 15.6. The minimum Gasteiger partial charge on any atom is -0.371 e. The van der Waals surface area contributed by atoms with Crippen molar-refractivity contribution < 1.29 is 4.74 Å². The Morgan fingerprint density at radius 1 is 1.22 bits per heavy atom. The van der Waals surface area contributed by atoms with Crippen LogP contribution in [0.3, 0.4) is 0 Å². The van der Waals surface area contributed by atoms with Crippen LogP contribution in [0, 0.1) is 0 Å². The Hall–Kier alpha value is -1.98. The van der Waals surface area contributed by atoms with Crippen LogP contribution in [0.4, 0.5) is 0 Å². The molecule has 0 spiro atoms. The molecule has 1 aromatic heterocycles. The molecule has 2 aliphatic rings. The van der Waals surface area contributed by atoms with Crippen LogP contribution in [-0.2, 0) is 24.2 Å². The first kappa shape index (κ1) is 14.6. The first-order chi connectivity index (χ1) is 11.3. The minimum atomic E-state index is 0.00778. The van der Waals surface area contributed by atoms with Crippen LogP contribution in [0.1, 0.15) is 29.3 Å². The summed E-state index contributed by atoms with van der Waals surface area (Å²) in [7, 11) is 0. The molecule has 0 radical (unpaired) electrons. The van der Waals surface area contributed by atoms with E-state index in [4.69, 9.17) is 4.74 Å². The topological polar surface area (TPSA) is 47.4 Å². The van der Waals surface area contributed by atoms with Gasteiger partial charge in [-0.2, -0.15) is 5.10 Å². The number of morpholine rings is 1. The summed E-state index contributed by atoms with van der Waals surface area (Å²) in [5, 5.41) is 4.57. The van der Waals surface area contributed by atoms with Crippen molar-refractivity contribution in [2.24, 2.45) is 0 Å². The fraction of sp³-hybridized carbons (Fsp3) is 0.444. The Kier molecular flexibility index (Phi) is 3.97. The van der Waals surface area contributed by atoms with Crippen LogP contribution < -0.4 is 5.56 Å². The van der Waals surface area contributed by atoms with Crippen molar-refractivity contribution in [3.05, 3.63) is 63.6 Å². The van der Waals surface area contributed by atoms with Gasteiger partial charge in [-0.15, -0.1) is 0 Å². The summed E-state index contributed by atoms with van der Waals surface area (Å²) in [6, 6.07) is 12.0. The Labute approximate surface area is 135 Å². The molecule has 23 heavy (non-hydrogen) atoms. The Bertz CT molecular complexity index is 742. The Morgan fingerprint density at radius 2 is 2.09 bits per heavy atom. The monoisotopic (exact) mass is 311 g/mol. The van der Waals surface area contributed by atoms with Crippen molar-refractivity contribution in [2.45, 2.75) is 32.0 Å². The van der Waals surface area contributed by atoms with Gasteiger partial charge in [-0.1, -0.05) is 30.3 Å². The Morgan fingerprint density at radius 3 is 2.96 bits per heavy atom. The largest absolute Gasteiger partial charge is 0.371 e. The van der Waals surface area contributed by atoms with Crippen molar-refractivity contribution in [1.29, 1.82) is 0 Å². The van der Waals surface area contributed by atoms with E-state index < -0.39 is 0 Å². The maximum absolute atomic E-state index is 12.2. The van der Waals surface area contributed by atoms with Gasteiger partial charge in [-0.25, -0.2) is 4.68 Å². The van der Waals surface area contributed by atoms with E-state index in [9.17, 15) is 4.79 Å². The first-order valence-electron chi connectivity index (χ1n) is 8.28. The second kappa shape index (κ2) is 6.26. The van der Waals surface area contributed by atoms with Gasteiger partial charge in [-0.05, 0) is 30.4 Å². The standard InChI is InChI=1S/C18H21N3O2/c22-18-11-15-7-4-8-16(15)19-21(18)13-20-9-10-23-17(12-20)14-5-2-1-3-6-14/h1-3,5-6,11,17H,4,7-10,12-13H2. The van der Waals surface area contributed by atoms with Gasteiger partial charge in [0.05, 0.1) is 25.1 Å². The molecule has 2 heterocycles. The van der Waals surface area contributed by atoms with Gasteiger partial charge >= 0.3 is 0 Å². The van der Waals surface area contributed by atoms with E-state index in [0.29, 0.717) is 13.3 Å². The fourth-order valence-corrected chi connectivity index (χ4v) is 3.43. The maximum atomic E-state index is 12.2. The van der Waals surface area contributed by atoms with Gasteiger partial charge in [-0.3, -0.25) is 9.69 Å². The number of fused-ring (bicyclic) bond motifs is 1. The van der Waals surface area contributed by atoms with Crippen LogP contribution in [0.5, 0.6) is 0 Å². The number of benzene rings is 1. The molecule has 1 aromatic carbocycles. The van der Waals surface area contributed by atoms with Crippen molar-refractivity contribution in [3.63, 3.8) is 0 Å². The van der Waals surface area contributed by atoms with E-state index in [1.54, 1.807) is 10.7 Å². The minimum absolute atomic E-state index is 0.00778. The molecule has 0 bridgehead atoms. The van der Waals surface area contributed by atoms with Crippen molar-refractivity contribution in [3.8, 4) is 0 Å². The number of hydrogen-bond donors (Lipinski definition) is 0. The highest BCUT2D eigenvalue weighted by Crippen LogP contribution is 2.22. The lowest BCUT2D eigenvalue weighted by Crippen LogP contribution is -2.42. The van der Waals surface area contributed by atoms with E-state index in [1.165, 1.54) is 5.56 Å². The van der Waals surface area contributed by atoms with Crippen molar-refractivity contribution in [1.82, 2.24) is 14.7 Å². The SMILES string of the molecule is O=c1cc2c(nn1CN1CCOC(c3ccccc3)C1)CCC2. The molecular weight excluding hydrogens is 290 g/mol. The van der Waals surface area contributed by atoms with Crippen LogP contribution in [0.2, 0.25) is 0 Å². The average molecular weight is 311 g/mol. The van der Waals surface area contributed by atoms with Crippen molar-refractivity contribution in [2.75, 3.05) is 19.7 Å². The molecule has 5 heteroatoms. The van der Waals surface area contributed by atoms with Gasteiger partial charge < -0.3 is 4.74 Å². The normalized spacial score (nSPS) is 21.3. The zero-order valence-corrected chi connectivity index (χ0v) is 13.1. The summed E-state index contributed by atoms with van der Waals surface area (Å²) in [4.78, 5) is 14.5. The zero-order valence-electron chi connectivity index (χ0n) is 13.1. The lowest BCUT2D eigenvalue weighted by Gasteiger charge is -2.33. The number of aromatic nitrogens is 2. The molecule has 0 amide bonds. The molecule has 1 aliphatic carbocycles. The highest BCUT2D eigenvalue weighted by molar-refractivity contribution is 5.22. The van der Waals surface area contributed by atoms with E-state index in [0.717, 1.165) is 43.6 Å². The van der Waals surface area contributed by atoms with E-state index in [-0.39, 0.29) is 11.7 Å². The number of rotatable bonds is 3. The second-order valence-electron chi connectivity index (χ2n) is 6.30. The third kappa shape index (κ3) is 3.07. The molecule has 1 unspecified atom stereocenters. The van der Waals surface area contributed by atoms with Gasteiger partial charge in [0, 0.05) is 19.2 Å². The van der Waals surface area contributed by atoms with E-state index in [1.807, 2.05) is 18.2 Å². The quantitative estimate of drug-likeness (QED) is 0.867. The lowest BCUT2D eigenvalue weighted by molar-refractivity contribution is -0.0422. The molecule has 120 valence electrons. The van der Waals surface area contributed by atoms with Crippen LogP contribution in [0.15, 0.2) is 41.2 Å². The third-order valence-electron chi connectivity index (χ3n) is 4.68. The molecular formula is C18H21N3O2. The van der Waals surface area contributed by atoms with E-state index >= 15 is 0 Å². The molecule has 2 aromatic rings. The number of aryl methyl sites for hydroxylation is 2. The van der Waals surface area contributed by atoms with Crippen LogP contribution in [0.25, 0.3) is 0 Å². The number of hydrogen-bond acceptors (Lipinski definition) is 4. The number of nitrogens with zero attached hydrogens (tertiary/aromatic N) is 3. The maximum Gasteiger partial charge on any atom is 0.268 e. The molecule has 1 saturated heterocycles. The van der Waals surface area contributed by atoms with Gasteiger partial charge in [0.1, 0.15) is 0 Å². The first-order valence-corrected chi connectivity index (χ1v) is 8.28. The summed E-state index contributed by atoms with van der Waals surface area (Å²) in [5.74, 6) is 0. The molecule has 5 nitrogen and oxygen atoms in total. The molecule has 1 fully saturated rings. The number of ether oxygens (including phenoxy) is 1. The van der Waals surface area contributed by atoms with Crippen LogP contribution >= 0.6 is 0 Å². The third-order valence-corrected chi connectivity index (χ3v) is 4.68. The highest BCUT2D eigenvalue weighted by atomic mass is 16.5. The van der Waals surface area contributed by atoms with Crippen LogP contribution in [-0.4, -0.2) is 34.4 Å². The fourth-order valence-electron chi connectivity index (χ4n) is 3.43. The molecule has 1 atom stereocenters. The second-order valence-corrected chi connectivity index (χ2v) is 6.30. The summed E-state index contributed by atoms with van der Waals surface area (Å²) in [6.07, 6.45) is 3.16. The van der Waals surface area contributed by atoms with Gasteiger partial charge in [0.2, 0.25) is 0 Å². The smallest absolute Gasteiger partial charge is 0.268 e. The summed E-state index contributed by atoms with van der Waals surface area (Å²) < 4.78 is 7.50. The Balaban J connectivity index is 1.50. The summed E-state index contributed by atoms with van der Waals surface area (Å²) in [5.41, 5.74) is 3.42. The lowest BCUT2D eigenvalue weighted by atomic mass is 10.1. The molecule has 1 aliphatic heterocycles. The predicted octanol–water partition coefficient (Wildman–Crippen LogP) is 1.76. The summed E-state index contributed by atoms with van der Waals surface area (Å²) >= 11 is 0. The highest BCUT2D eigenvalue weighted by Gasteiger charge is 2.23. The summed E-state index contributed by atoms with van der Waals surface area (Å²) in [6.45, 7) is 2.84. The van der Waals surface area contributed by atoms with Crippen molar-refractivity contribution >= 4 is 0 Å². The average Bonchev–Trinajstić information content (AvgIpc) is 3.03. The van der Waals surface area contributed by atoms with Gasteiger partial charge in [0.25, 0.3) is 5.56 Å². The predicted molar refractivity (Wildman–Crippen MR) is 87.2 cm³/mol. The molecule has 0 N–H and O–H groups in total.